The van der Waals surface area contributed by atoms with Crippen molar-refractivity contribution in [3.63, 3.8) is 0 Å². The van der Waals surface area contributed by atoms with Crippen LogP contribution in [0, 0.1) is 0 Å². The fraction of sp³-hybridized carbons (Fsp3) is 0.0952. The highest BCUT2D eigenvalue weighted by Gasteiger charge is 2.13. The molecule has 23 heavy (non-hydrogen) atoms. The molecule has 3 aromatic carbocycles. The summed E-state index contributed by atoms with van der Waals surface area (Å²) in [6.45, 7) is 0. The molecule has 0 unspecified atom stereocenters. The van der Waals surface area contributed by atoms with Crippen molar-refractivity contribution in [1.29, 1.82) is 0 Å². The van der Waals surface area contributed by atoms with E-state index < -0.39 is 0 Å². The van der Waals surface area contributed by atoms with Crippen molar-refractivity contribution in [2.24, 2.45) is 0 Å². The van der Waals surface area contributed by atoms with Gasteiger partial charge in [-0.1, -0.05) is 54.6 Å². The molecule has 0 aliphatic heterocycles. The van der Waals surface area contributed by atoms with E-state index in [1.54, 1.807) is 11.8 Å². The van der Waals surface area contributed by atoms with Gasteiger partial charge >= 0.3 is 0 Å². The lowest BCUT2D eigenvalue weighted by molar-refractivity contribution is 0.103. The van der Waals surface area contributed by atoms with Crippen LogP contribution in [-0.2, 0) is 6.42 Å². The summed E-state index contributed by atoms with van der Waals surface area (Å²) >= 11 is 1.68. The smallest absolute Gasteiger partial charge is 0.193 e. The first-order valence-corrected chi connectivity index (χ1v) is 8.81. The number of ketones is 1. The van der Waals surface area contributed by atoms with Crippen LogP contribution in [0.4, 0.5) is 0 Å². The molecule has 114 valence electrons. The average molecular weight is 318 g/mol. The Balaban J connectivity index is 1.91. The Labute approximate surface area is 141 Å². The van der Waals surface area contributed by atoms with Gasteiger partial charge in [-0.2, -0.15) is 0 Å². The molecule has 3 aromatic rings. The Morgan fingerprint density at radius 2 is 1.48 bits per heavy atom. The van der Waals surface area contributed by atoms with Crippen molar-refractivity contribution in [3.8, 4) is 0 Å². The van der Waals surface area contributed by atoms with Gasteiger partial charge in [0.15, 0.2) is 5.78 Å². The SMILES string of the molecule is CSc1ccc(C(=O)c2ccccc2Cc2ccccc2)cc1. The van der Waals surface area contributed by atoms with Crippen LogP contribution in [0.5, 0.6) is 0 Å². The highest BCUT2D eigenvalue weighted by molar-refractivity contribution is 7.98. The Hall–Kier alpha value is -2.32. The second kappa shape index (κ2) is 7.30. The molecule has 0 spiro atoms. The zero-order valence-electron chi connectivity index (χ0n) is 13.0. The molecule has 0 saturated heterocycles. The monoisotopic (exact) mass is 318 g/mol. The second-order valence-corrected chi connectivity index (χ2v) is 6.26. The molecule has 2 heteroatoms. The van der Waals surface area contributed by atoms with E-state index in [4.69, 9.17) is 0 Å². The van der Waals surface area contributed by atoms with E-state index in [0.29, 0.717) is 0 Å². The van der Waals surface area contributed by atoms with Gasteiger partial charge in [0.25, 0.3) is 0 Å². The number of hydrogen-bond acceptors (Lipinski definition) is 2. The maximum Gasteiger partial charge on any atom is 0.193 e. The molecule has 0 amide bonds. The highest BCUT2D eigenvalue weighted by Crippen LogP contribution is 2.20. The second-order valence-electron chi connectivity index (χ2n) is 5.38. The van der Waals surface area contributed by atoms with E-state index in [1.807, 2.05) is 73.0 Å². The molecule has 0 radical (unpaired) electrons. The predicted octanol–water partition coefficient (Wildman–Crippen LogP) is 5.23. The van der Waals surface area contributed by atoms with E-state index >= 15 is 0 Å². The van der Waals surface area contributed by atoms with Crippen molar-refractivity contribution >= 4 is 17.5 Å². The maximum absolute atomic E-state index is 12.9. The number of thioether (sulfide) groups is 1. The molecule has 0 saturated carbocycles. The lowest BCUT2D eigenvalue weighted by atomic mass is 9.94. The first-order valence-electron chi connectivity index (χ1n) is 7.58. The lowest BCUT2D eigenvalue weighted by Crippen LogP contribution is -2.06. The van der Waals surface area contributed by atoms with Crippen molar-refractivity contribution in [1.82, 2.24) is 0 Å². The van der Waals surface area contributed by atoms with Crippen LogP contribution < -0.4 is 0 Å². The standard InChI is InChI=1S/C21H18OS/c1-23-19-13-11-17(12-14-19)21(22)20-10-6-5-9-18(20)15-16-7-3-2-4-8-16/h2-14H,15H2,1H3. The minimum Gasteiger partial charge on any atom is -0.289 e. The highest BCUT2D eigenvalue weighted by atomic mass is 32.2. The Morgan fingerprint density at radius 1 is 0.826 bits per heavy atom. The van der Waals surface area contributed by atoms with Crippen LogP contribution in [0.2, 0.25) is 0 Å². The number of benzene rings is 3. The van der Waals surface area contributed by atoms with Gasteiger partial charge in [-0.3, -0.25) is 4.79 Å². The summed E-state index contributed by atoms with van der Waals surface area (Å²) in [5, 5.41) is 0. The van der Waals surface area contributed by atoms with E-state index in [9.17, 15) is 4.79 Å². The molecule has 0 fully saturated rings. The summed E-state index contributed by atoms with van der Waals surface area (Å²) in [4.78, 5) is 14.0. The third-order valence-electron chi connectivity index (χ3n) is 3.85. The molecule has 0 bridgehead atoms. The van der Waals surface area contributed by atoms with Crippen molar-refractivity contribution in [3.05, 3.63) is 101 Å². The van der Waals surface area contributed by atoms with Crippen molar-refractivity contribution < 1.29 is 4.79 Å². The molecule has 1 nitrogen and oxygen atoms in total. The largest absolute Gasteiger partial charge is 0.289 e. The van der Waals surface area contributed by atoms with Gasteiger partial charge in [-0.05, 0) is 48.1 Å². The van der Waals surface area contributed by atoms with Crippen molar-refractivity contribution in [2.75, 3.05) is 6.26 Å². The lowest BCUT2D eigenvalue weighted by Gasteiger charge is -2.09. The van der Waals surface area contributed by atoms with Crippen LogP contribution in [0.15, 0.2) is 83.8 Å². The van der Waals surface area contributed by atoms with E-state index in [1.165, 1.54) is 10.5 Å². The number of carbonyl (C=O) groups excluding carboxylic acids is 1. The summed E-state index contributed by atoms with van der Waals surface area (Å²) in [5.41, 5.74) is 3.81. The first kappa shape index (κ1) is 15.6. The fourth-order valence-electron chi connectivity index (χ4n) is 2.61. The van der Waals surface area contributed by atoms with Gasteiger partial charge in [-0.15, -0.1) is 11.8 Å². The van der Waals surface area contributed by atoms with Gasteiger partial charge in [0, 0.05) is 16.0 Å². The van der Waals surface area contributed by atoms with Crippen LogP contribution in [0.3, 0.4) is 0 Å². The topological polar surface area (TPSA) is 17.1 Å². The van der Waals surface area contributed by atoms with Gasteiger partial charge in [0.05, 0.1) is 0 Å². The minimum atomic E-state index is 0.0872. The molecule has 0 N–H and O–H groups in total. The quantitative estimate of drug-likeness (QED) is 0.473. The van der Waals surface area contributed by atoms with Crippen molar-refractivity contribution in [2.45, 2.75) is 11.3 Å². The summed E-state index contributed by atoms with van der Waals surface area (Å²) in [7, 11) is 0. The molecule has 0 aliphatic rings. The molecule has 0 heterocycles. The normalized spacial score (nSPS) is 10.5. The molecule has 0 atom stereocenters. The van der Waals surface area contributed by atoms with Gasteiger partial charge in [0.2, 0.25) is 0 Å². The Morgan fingerprint density at radius 3 is 2.17 bits per heavy atom. The van der Waals surface area contributed by atoms with E-state index in [2.05, 4.69) is 12.1 Å². The first-order chi connectivity index (χ1) is 11.3. The summed E-state index contributed by atoms with van der Waals surface area (Å²) in [6, 6.07) is 25.9. The zero-order valence-corrected chi connectivity index (χ0v) is 13.8. The summed E-state index contributed by atoms with van der Waals surface area (Å²) in [5.74, 6) is 0.0872. The third kappa shape index (κ3) is 3.72. The van der Waals surface area contributed by atoms with Crippen LogP contribution in [0.1, 0.15) is 27.0 Å². The molecule has 0 aliphatic carbocycles. The minimum absolute atomic E-state index is 0.0872. The number of hydrogen-bond donors (Lipinski definition) is 0. The van der Waals surface area contributed by atoms with E-state index in [0.717, 1.165) is 23.1 Å². The number of rotatable bonds is 5. The van der Waals surface area contributed by atoms with Crippen LogP contribution in [0.25, 0.3) is 0 Å². The molecule has 3 rings (SSSR count). The van der Waals surface area contributed by atoms with Gasteiger partial charge < -0.3 is 0 Å². The molecular weight excluding hydrogens is 300 g/mol. The van der Waals surface area contributed by atoms with Crippen LogP contribution in [-0.4, -0.2) is 12.0 Å². The average Bonchev–Trinajstić information content (AvgIpc) is 2.62. The van der Waals surface area contributed by atoms with Gasteiger partial charge in [0.1, 0.15) is 0 Å². The van der Waals surface area contributed by atoms with Crippen LogP contribution >= 0.6 is 11.8 Å². The molecule has 0 aromatic heterocycles. The maximum atomic E-state index is 12.9. The fourth-order valence-corrected chi connectivity index (χ4v) is 3.02. The third-order valence-corrected chi connectivity index (χ3v) is 4.60. The summed E-state index contributed by atoms with van der Waals surface area (Å²) in [6.07, 6.45) is 2.80. The predicted molar refractivity (Wildman–Crippen MR) is 97.3 cm³/mol. The number of carbonyl (C=O) groups is 1. The van der Waals surface area contributed by atoms with E-state index in [-0.39, 0.29) is 5.78 Å². The Kier molecular flexibility index (Phi) is 4.94. The van der Waals surface area contributed by atoms with Gasteiger partial charge in [-0.25, -0.2) is 0 Å². The molecular formula is C21H18OS. The Bertz CT molecular complexity index is 792. The zero-order chi connectivity index (χ0) is 16.1. The summed E-state index contributed by atoms with van der Waals surface area (Å²) < 4.78 is 0.